The van der Waals surface area contributed by atoms with E-state index in [4.69, 9.17) is 10.6 Å². The summed E-state index contributed by atoms with van der Waals surface area (Å²) in [6.07, 6.45) is 1.10. The van der Waals surface area contributed by atoms with Gasteiger partial charge in [-0.1, -0.05) is 0 Å². The number of nitrogens with zero attached hydrogens (tertiary/aromatic N) is 1. The summed E-state index contributed by atoms with van der Waals surface area (Å²) in [4.78, 5) is 6.78. The van der Waals surface area contributed by atoms with Crippen LogP contribution in [-0.4, -0.2) is 24.8 Å². The van der Waals surface area contributed by atoms with Crippen molar-refractivity contribution >= 4 is 27.3 Å². The Balaban J connectivity index is 2.12. The van der Waals surface area contributed by atoms with Crippen molar-refractivity contribution in [3.63, 3.8) is 0 Å². The summed E-state index contributed by atoms with van der Waals surface area (Å²) in [5.74, 6) is 0. The molecule has 3 nitrogen and oxygen atoms in total. The third kappa shape index (κ3) is 2.17. The standard InChI is InChI=1S/C9H13BrN2OS/c10-7-4-9(14-6-7)8(5-11)12-2-1-3-13-12/h4,6,8H,1-3,5,11H2. The molecule has 0 amide bonds. The maximum atomic E-state index is 5.76. The molecule has 0 aromatic carbocycles. The van der Waals surface area contributed by atoms with Gasteiger partial charge in [0.1, 0.15) is 0 Å². The Morgan fingerprint density at radius 2 is 2.57 bits per heavy atom. The first kappa shape index (κ1) is 10.6. The lowest BCUT2D eigenvalue weighted by atomic mass is 10.2. The van der Waals surface area contributed by atoms with E-state index < -0.39 is 0 Å². The van der Waals surface area contributed by atoms with Crippen LogP contribution in [0.5, 0.6) is 0 Å². The predicted molar refractivity (Wildman–Crippen MR) is 61.1 cm³/mol. The van der Waals surface area contributed by atoms with E-state index >= 15 is 0 Å². The maximum absolute atomic E-state index is 5.76. The number of hydroxylamine groups is 2. The SMILES string of the molecule is NCC(c1cc(Br)cs1)N1CCCO1. The van der Waals surface area contributed by atoms with E-state index in [1.165, 1.54) is 4.88 Å². The Hall–Kier alpha value is 0.0600. The van der Waals surface area contributed by atoms with Crippen molar-refractivity contribution in [1.82, 2.24) is 5.06 Å². The quantitative estimate of drug-likeness (QED) is 0.920. The van der Waals surface area contributed by atoms with Crippen LogP contribution in [0.1, 0.15) is 17.3 Å². The largest absolute Gasteiger partial charge is 0.328 e. The van der Waals surface area contributed by atoms with Gasteiger partial charge >= 0.3 is 0 Å². The maximum Gasteiger partial charge on any atom is 0.0817 e. The van der Waals surface area contributed by atoms with Crippen LogP contribution in [0.3, 0.4) is 0 Å². The number of rotatable bonds is 3. The summed E-state index contributed by atoms with van der Waals surface area (Å²) in [5.41, 5.74) is 5.76. The van der Waals surface area contributed by atoms with Crippen LogP contribution >= 0.6 is 27.3 Å². The molecule has 2 rings (SSSR count). The summed E-state index contributed by atoms with van der Waals surface area (Å²) >= 11 is 5.17. The molecule has 1 fully saturated rings. The lowest BCUT2D eigenvalue weighted by Gasteiger charge is -2.23. The Bertz CT molecular complexity index is 299. The van der Waals surface area contributed by atoms with E-state index in [-0.39, 0.29) is 6.04 Å². The van der Waals surface area contributed by atoms with Gasteiger partial charge in [-0.25, -0.2) is 0 Å². The van der Waals surface area contributed by atoms with Gasteiger partial charge in [0.25, 0.3) is 0 Å². The molecule has 0 spiro atoms. The zero-order chi connectivity index (χ0) is 9.97. The smallest absolute Gasteiger partial charge is 0.0817 e. The minimum Gasteiger partial charge on any atom is -0.328 e. The summed E-state index contributed by atoms with van der Waals surface area (Å²) in [6.45, 7) is 2.41. The topological polar surface area (TPSA) is 38.5 Å². The molecule has 1 saturated heterocycles. The van der Waals surface area contributed by atoms with Gasteiger partial charge in [0.2, 0.25) is 0 Å². The second-order valence-corrected chi connectivity index (χ2v) is 5.10. The molecule has 0 saturated carbocycles. The first-order chi connectivity index (χ1) is 6.81. The lowest BCUT2D eigenvalue weighted by Crippen LogP contribution is -2.29. The van der Waals surface area contributed by atoms with Crippen molar-refractivity contribution < 1.29 is 4.84 Å². The number of thiophene rings is 1. The van der Waals surface area contributed by atoms with Crippen LogP contribution in [-0.2, 0) is 4.84 Å². The summed E-state index contributed by atoms with van der Waals surface area (Å²) in [6, 6.07) is 2.33. The van der Waals surface area contributed by atoms with Crippen LogP contribution in [0, 0.1) is 0 Å². The predicted octanol–water partition coefficient (Wildman–Crippen LogP) is 2.15. The fourth-order valence-corrected chi connectivity index (χ4v) is 3.15. The average Bonchev–Trinajstić information content (AvgIpc) is 2.79. The molecule has 2 heterocycles. The Morgan fingerprint density at radius 3 is 3.07 bits per heavy atom. The molecule has 1 aliphatic rings. The van der Waals surface area contributed by atoms with Gasteiger partial charge in [-0.15, -0.1) is 11.3 Å². The fourth-order valence-electron chi connectivity index (χ4n) is 1.59. The Kier molecular flexibility index (Phi) is 3.57. The van der Waals surface area contributed by atoms with Gasteiger partial charge in [0.15, 0.2) is 0 Å². The van der Waals surface area contributed by atoms with Crippen LogP contribution in [0.15, 0.2) is 15.9 Å². The number of nitrogens with two attached hydrogens (primary N) is 1. The number of hydrogen-bond donors (Lipinski definition) is 1. The molecule has 0 radical (unpaired) electrons. The average molecular weight is 277 g/mol. The zero-order valence-corrected chi connectivity index (χ0v) is 10.2. The summed E-state index contributed by atoms with van der Waals surface area (Å²) in [5, 5.41) is 4.08. The van der Waals surface area contributed by atoms with E-state index in [9.17, 15) is 0 Å². The molecular weight excluding hydrogens is 264 g/mol. The van der Waals surface area contributed by atoms with E-state index in [1.807, 2.05) is 5.06 Å². The minimum atomic E-state index is 0.216. The van der Waals surface area contributed by atoms with E-state index in [0.29, 0.717) is 6.54 Å². The van der Waals surface area contributed by atoms with Crippen molar-refractivity contribution in [2.24, 2.45) is 5.73 Å². The molecule has 1 aromatic rings. The van der Waals surface area contributed by atoms with Crippen LogP contribution in [0.4, 0.5) is 0 Å². The molecule has 1 aromatic heterocycles. The highest BCUT2D eigenvalue weighted by atomic mass is 79.9. The third-order valence-corrected chi connectivity index (χ3v) is 4.06. The van der Waals surface area contributed by atoms with E-state index in [0.717, 1.165) is 24.0 Å². The van der Waals surface area contributed by atoms with Gasteiger partial charge < -0.3 is 5.73 Å². The minimum absolute atomic E-state index is 0.216. The second kappa shape index (κ2) is 4.72. The highest BCUT2D eigenvalue weighted by molar-refractivity contribution is 9.10. The highest BCUT2D eigenvalue weighted by Crippen LogP contribution is 2.30. The molecule has 0 aliphatic carbocycles. The Labute approximate surface area is 95.9 Å². The summed E-state index contributed by atoms with van der Waals surface area (Å²) < 4.78 is 1.12. The summed E-state index contributed by atoms with van der Waals surface area (Å²) in [7, 11) is 0. The molecular formula is C9H13BrN2OS. The number of halogens is 1. The van der Waals surface area contributed by atoms with Crippen LogP contribution < -0.4 is 5.73 Å². The third-order valence-electron chi connectivity index (χ3n) is 2.27. The van der Waals surface area contributed by atoms with Crippen molar-refractivity contribution in [2.75, 3.05) is 19.7 Å². The molecule has 1 unspecified atom stereocenters. The van der Waals surface area contributed by atoms with Crippen molar-refractivity contribution in [3.05, 3.63) is 20.8 Å². The van der Waals surface area contributed by atoms with Crippen molar-refractivity contribution in [3.8, 4) is 0 Å². The molecule has 5 heteroatoms. The highest BCUT2D eigenvalue weighted by Gasteiger charge is 2.24. The van der Waals surface area contributed by atoms with Gasteiger partial charge in [-0.2, -0.15) is 5.06 Å². The number of hydrogen-bond acceptors (Lipinski definition) is 4. The lowest BCUT2D eigenvalue weighted by molar-refractivity contribution is -0.139. The molecule has 1 atom stereocenters. The van der Waals surface area contributed by atoms with Crippen LogP contribution in [0.2, 0.25) is 0 Å². The molecule has 78 valence electrons. The second-order valence-electron chi connectivity index (χ2n) is 3.25. The van der Waals surface area contributed by atoms with Gasteiger partial charge in [0, 0.05) is 27.8 Å². The molecule has 2 N–H and O–H groups in total. The van der Waals surface area contributed by atoms with Crippen LogP contribution in [0.25, 0.3) is 0 Å². The van der Waals surface area contributed by atoms with Gasteiger partial charge in [-0.3, -0.25) is 4.84 Å². The van der Waals surface area contributed by atoms with E-state index in [2.05, 4.69) is 27.4 Å². The normalized spacial score (nSPS) is 20.1. The van der Waals surface area contributed by atoms with E-state index in [1.54, 1.807) is 11.3 Å². The van der Waals surface area contributed by atoms with Gasteiger partial charge in [0.05, 0.1) is 12.6 Å². The zero-order valence-electron chi connectivity index (χ0n) is 7.78. The first-order valence-corrected chi connectivity index (χ1v) is 6.32. The fraction of sp³-hybridized carbons (Fsp3) is 0.556. The van der Waals surface area contributed by atoms with Crippen molar-refractivity contribution in [2.45, 2.75) is 12.5 Å². The monoisotopic (exact) mass is 276 g/mol. The first-order valence-electron chi connectivity index (χ1n) is 4.65. The molecule has 14 heavy (non-hydrogen) atoms. The van der Waals surface area contributed by atoms with Crippen molar-refractivity contribution in [1.29, 1.82) is 0 Å². The van der Waals surface area contributed by atoms with Gasteiger partial charge in [-0.05, 0) is 28.4 Å². The molecule has 1 aliphatic heterocycles. The Morgan fingerprint density at radius 1 is 1.71 bits per heavy atom. The molecule has 0 bridgehead atoms.